The summed E-state index contributed by atoms with van der Waals surface area (Å²) in [7, 11) is 1.33. The van der Waals surface area contributed by atoms with Crippen LogP contribution in [0.25, 0.3) is 0 Å². The van der Waals surface area contributed by atoms with Crippen molar-refractivity contribution >= 4 is 18.1 Å². The van der Waals surface area contributed by atoms with Gasteiger partial charge in [-0.2, -0.15) is 5.10 Å². The van der Waals surface area contributed by atoms with Crippen molar-refractivity contribution in [1.29, 1.82) is 0 Å². The summed E-state index contributed by atoms with van der Waals surface area (Å²) >= 11 is 0. The largest absolute Gasteiger partial charge is 0.465 e. The molecule has 2 aromatic carbocycles. The van der Waals surface area contributed by atoms with Gasteiger partial charge in [-0.15, -0.1) is 0 Å². The molecule has 0 aliphatic rings. The van der Waals surface area contributed by atoms with Crippen molar-refractivity contribution in [2.75, 3.05) is 7.11 Å². The second-order valence-electron chi connectivity index (χ2n) is 5.07. The molecule has 0 aliphatic heterocycles. The maximum Gasteiger partial charge on any atom is 0.337 e. The van der Waals surface area contributed by atoms with Crippen LogP contribution in [0.15, 0.2) is 53.6 Å². The van der Waals surface area contributed by atoms with Crippen LogP contribution in [-0.2, 0) is 16.0 Å². The highest BCUT2D eigenvalue weighted by atomic mass is 16.5. The molecule has 0 aromatic heterocycles. The van der Waals surface area contributed by atoms with Crippen LogP contribution in [0.1, 0.15) is 27.0 Å². The zero-order chi connectivity index (χ0) is 16.7. The zero-order valence-electron chi connectivity index (χ0n) is 13.1. The summed E-state index contributed by atoms with van der Waals surface area (Å²) in [6.45, 7) is 2.00. The molecular formula is C18H18N2O3. The van der Waals surface area contributed by atoms with Crippen LogP contribution in [0.3, 0.4) is 0 Å². The molecule has 5 heteroatoms. The molecule has 0 spiro atoms. The third-order valence-corrected chi connectivity index (χ3v) is 3.22. The lowest BCUT2D eigenvalue weighted by Crippen LogP contribution is -2.19. The van der Waals surface area contributed by atoms with E-state index in [1.54, 1.807) is 24.3 Å². The quantitative estimate of drug-likeness (QED) is 0.524. The Kier molecular flexibility index (Phi) is 5.63. The van der Waals surface area contributed by atoms with E-state index in [2.05, 4.69) is 15.3 Å². The molecule has 0 saturated carbocycles. The number of hydrazone groups is 1. The molecule has 2 aromatic rings. The number of benzene rings is 2. The van der Waals surface area contributed by atoms with E-state index in [1.165, 1.54) is 13.3 Å². The summed E-state index contributed by atoms with van der Waals surface area (Å²) in [6, 6.07) is 14.5. The van der Waals surface area contributed by atoms with E-state index in [4.69, 9.17) is 0 Å². The van der Waals surface area contributed by atoms with E-state index >= 15 is 0 Å². The molecule has 0 heterocycles. The molecule has 0 aliphatic carbocycles. The zero-order valence-corrected chi connectivity index (χ0v) is 13.1. The molecule has 0 bridgehead atoms. The second-order valence-corrected chi connectivity index (χ2v) is 5.07. The van der Waals surface area contributed by atoms with E-state index in [-0.39, 0.29) is 18.3 Å². The summed E-state index contributed by atoms with van der Waals surface area (Å²) in [5, 5.41) is 3.91. The molecule has 0 saturated heterocycles. The van der Waals surface area contributed by atoms with Crippen LogP contribution in [-0.4, -0.2) is 25.2 Å². The summed E-state index contributed by atoms with van der Waals surface area (Å²) in [4.78, 5) is 23.1. The number of amides is 1. The number of carbonyl (C=O) groups is 2. The van der Waals surface area contributed by atoms with Crippen LogP contribution in [0.2, 0.25) is 0 Å². The fraction of sp³-hybridized carbons (Fsp3) is 0.167. The fourth-order valence-corrected chi connectivity index (χ4v) is 1.93. The Labute approximate surface area is 135 Å². The van der Waals surface area contributed by atoms with Crippen LogP contribution < -0.4 is 5.43 Å². The molecule has 2 rings (SSSR count). The van der Waals surface area contributed by atoms with Crippen LogP contribution in [0.5, 0.6) is 0 Å². The molecule has 5 nitrogen and oxygen atoms in total. The first-order chi connectivity index (χ1) is 11.1. The number of ether oxygens (including phenoxy) is 1. The highest BCUT2D eigenvalue weighted by Crippen LogP contribution is 2.05. The minimum atomic E-state index is -0.389. The van der Waals surface area contributed by atoms with Crippen molar-refractivity contribution in [3.05, 3.63) is 70.8 Å². The fourth-order valence-electron chi connectivity index (χ4n) is 1.93. The first-order valence-electron chi connectivity index (χ1n) is 7.14. The van der Waals surface area contributed by atoms with Crippen molar-refractivity contribution in [2.45, 2.75) is 13.3 Å². The summed E-state index contributed by atoms with van der Waals surface area (Å²) in [5.41, 5.74) is 5.81. The number of rotatable bonds is 5. The van der Waals surface area contributed by atoms with Gasteiger partial charge in [0, 0.05) is 0 Å². The Morgan fingerprint density at radius 1 is 1.09 bits per heavy atom. The predicted molar refractivity (Wildman–Crippen MR) is 88.4 cm³/mol. The molecule has 0 unspecified atom stereocenters. The van der Waals surface area contributed by atoms with Gasteiger partial charge in [0.15, 0.2) is 0 Å². The van der Waals surface area contributed by atoms with Gasteiger partial charge < -0.3 is 4.74 Å². The van der Waals surface area contributed by atoms with Gasteiger partial charge in [0.25, 0.3) is 0 Å². The summed E-state index contributed by atoms with van der Waals surface area (Å²) in [5.74, 6) is -0.573. The van der Waals surface area contributed by atoms with Crippen LogP contribution in [0, 0.1) is 6.92 Å². The van der Waals surface area contributed by atoms with Gasteiger partial charge in [-0.1, -0.05) is 42.0 Å². The maximum absolute atomic E-state index is 11.8. The van der Waals surface area contributed by atoms with Crippen molar-refractivity contribution in [3.63, 3.8) is 0 Å². The Hall–Kier alpha value is -2.95. The van der Waals surface area contributed by atoms with Crippen molar-refractivity contribution < 1.29 is 14.3 Å². The molecule has 0 atom stereocenters. The first kappa shape index (κ1) is 16.4. The van der Waals surface area contributed by atoms with Gasteiger partial charge in [0.2, 0.25) is 5.91 Å². The number of aryl methyl sites for hydroxylation is 1. The van der Waals surface area contributed by atoms with Gasteiger partial charge in [-0.3, -0.25) is 4.79 Å². The lowest BCUT2D eigenvalue weighted by Gasteiger charge is -2.01. The third-order valence-electron chi connectivity index (χ3n) is 3.22. The van der Waals surface area contributed by atoms with Crippen molar-refractivity contribution in [3.8, 4) is 0 Å². The molecular weight excluding hydrogens is 292 g/mol. The number of nitrogens with zero attached hydrogens (tertiary/aromatic N) is 1. The topological polar surface area (TPSA) is 67.8 Å². The Bertz CT molecular complexity index is 704. The number of hydrogen-bond donors (Lipinski definition) is 1. The molecule has 118 valence electrons. The first-order valence-corrected chi connectivity index (χ1v) is 7.14. The van der Waals surface area contributed by atoms with Gasteiger partial charge in [0.1, 0.15) is 0 Å². The number of carbonyl (C=O) groups excluding carboxylic acids is 2. The van der Waals surface area contributed by atoms with Crippen LogP contribution in [0.4, 0.5) is 0 Å². The van der Waals surface area contributed by atoms with Gasteiger partial charge in [-0.05, 0) is 30.2 Å². The SMILES string of the molecule is COC(=O)c1ccc(/C=N/NC(=O)Cc2ccc(C)cc2)cc1. The minimum absolute atomic E-state index is 0.184. The van der Waals surface area contributed by atoms with Crippen molar-refractivity contribution in [1.82, 2.24) is 5.43 Å². The number of nitrogens with one attached hydrogen (secondary N) is 1. The number of esters is 1. The number of hydrogen-bond acceptors (Lipinski definition) is 4. The van der Waals surface area contributed by atoms with Gasteiger partial charge >= 0.3 is 5.97 Å². The molecule has 1 N–H and O–H groups in total. The minimum Gasteiger partial charge on any atom is -0.465 e. The number of methoxy groups -OCH3 is 1. The average Bonchev–Trinajstić information content (AvgIpc) is 2.57. The van der Waals surface area contributed by atoms with Crippen molar-refractivity contribution in [2.24, 2.45) is 5.10 Å². The van der Waals surface area contributed by atoms with E-state index in [9.17, 15) is 9.59 Å². The molecule has 0 radical (unpaired) electrons. The third kappa shape index (κ3) is 5.07. The highest BCUT2D eigenvalue weighted by molar-refractivity contribution is 5.90. The lowest BCUT2D eigenvalue weighted by molar-refractivity contribution is -0.120. The molecule has 0 fully saturated rings. The standard InChI is InChI=1S/C18H18N2O3/c1-13-3-5-14(6-4-13)11-17(21)20-19-12-15-7-9-16(10-8-15)18(22)23-2/h3-10,12H,11H2,1-2H3,(H,20,21)/b19-12+. The van der Waals surface area contributed by atoms with E-state index in [0.717, 1.165) is 16.7 Å². The van der Waals surface area contributed by atoms with Gasteiger partial charge in [-0.25, -0.2) is 10.2 Å². The second kappa shape index (κ2) is 7.89. The highest BCUT2D eigenvalue weighted by Gasteiger charge is 2.04. The Morgan fingerprint density at radius 3 is 2.35 bits per heavy atom. The Balaban J connectivity index is 1.87. The predicted octanol–water partition coefficient (Wildman–Crippen LogP) is 2.47. The average molecular weight is 310 g/mol. The van der Waals surface area contributed by atoms with E-state index in [1.807, 2.05) is 31.2 Å². The normalized spacial score (nSPS) is 10.5. The summed E-state index contributed by atoms with van der Waals surface area (Å²) < 4.78 is 4.62. The molecule has 1 amide bonds. The smallest absolute Gasteiger partial charge is 0.337 e. The van der Waals surface area contributed by atoms with Crippen LogP contribution >= 0.6 is 0 Å². The summed E-state index contributed by atoms with van der Waals surface area (Å²) in [6.07, 6.45) is 1.80. The Morgan fingerprint density at radius 2 is 1.74 bits per heavy atom. The van der Waals surface area contributed by atoms with Gasteiger partial charge in [0.05, 0.1) is 25.3 Å². The maximum atomic E-state index is 11.8. The monoisotopic (exact) mass is 310 g/mol. The lowest BCUT2D eigenvalue weighted by atomic mass is 10.1. The molecule has 23 heavy (non-hydrogen) atoms. The van der Waals surface area contributed by atoms with E-state index < -0.39 is 0 Å². The van der Waals surface area contributed by atoms with E-state index in [0.29, 0.717) is 5.56 Å².